The first kappa shape index (κ1) is 16.2. The molecular formula is C13H17F2NO4. The van der Waals surface area contributed by atoms with Crippen LogP contribution in [0, 0.1) is 0 Å². The molecule has 1 rings (SSSR count). The van der Waals surface area contributed by atoms with E-state index >= 15 is 0 Å². The van der Waals surface area contributed by atoms with Crippen molar-refractivity contribution in [1.82, 2.24) is 4.90 Å². The molecule has 0 heterocycles. The molecule has 1 N–H and O–H groups in total. The molecule has 0 atom stereocenters. The molecule has 0 aliphatic rings. The van der Waals surface area contributed by atoms with E-state index in [4.69, 9.17) is 14.6 Å². The van der Waals surface area contributed by atoms with Crippen LogP contribution in [0.5, 0.6) is 11.5 Å². The third-order valence-electron chi connectivity index (χ3n) is 2.66. The maximum absolute atomic E-state index is 12.5. The number of rotatable bonds is 7. The summed E-state index contributed by atoms with van der Waals surface area (Å²) in [6.45, 7) is -1.36. The van der Waals surface area contributed by atoms with Gasteiger partial charge in [-0.05, 0) is 12.1 Å². The number of alkyl halides is 2. The first-order valence-electron chi connectivity index (χ1n) is 5.94. The van der Waals surface area contributed by atoms with Gasteiger partial charge in [0, 0.05) is 6.54 Å². The van der Waals surface area contributed by atoms with Gasteiger partial charge in [0.25, 0.3) is 12.3 Å². The molecule has 0 spiro atoms. The Labute approximate surface area is 115 Å². The molecule has 1 amide bonds. The number of ether oxygens (including phenoxy) is 2. The number of hydrogen-bond acceptors (Lipinski definition) is 4. The minimum Gasteiger partial charge on any atom is -0.496 e. The van der Waals surface area contributed by atoms with Crippen molar-refractivity contribution in [3.63, 3.8) is 0 Å². The Bertz CT molecular complexity index is 432. The summed E-state index contributed by atoms with van der Waals surface area (Å²) in [6.07, 6.45) is -2.69. The van der Waals surface area contributed by atoms with Crippen molar-refractivity contribution in [3.8, 4) is 11.5 Å². The zero-order valence-corrected chi connectivity index (χ0v) is 11.3. The molecule has 0 saturated carbocycles. The summed E-state index contributed by atoms with van der Waals surface area (Å²) in [5, 5.41) is 8.90. The van der Waals surface area contributed by atoms with E-state index in [1.165, 1.54) is 26.4 Å². The van der Waals surface area contributed by atoms with Crippen molar-refractivity contribution in [1.29, 1.82) is 0 Å². The molecule has 1 aromatic carbocycles. The summed E-state index contributed by atoms with van der Waals surface area (Å²) in [4.78, 5) is 13.2. The Kier molecular flexibility index (Phi) is 6.17. The Morgan fingerprint density at radius 2 is 1.85 bits per heavy atom. The number of aliphatic hydroxyl groups is 1. The molecular weight excluding hydrogens is 272 g/mol. The minimum absolute atomic E-state index is 0.0617. The first-order chi connectivity index (χ1) is 9.54. The number of methoxy groups -OCH3 is 2. The van der Waals surface area contributed by atoms with Crippen LogP contribution in [0.3, 0.4) is 0 Å². The highest BCUT2D eigenvalue weighted by molar-refractivity contribution is 5.99. The van der Waals surface area contributed by atoms with E-state index < -0.39 is 25.5 Å². The molecule has 0 aliphatic carbocycles. The summed E-state index contributed by atoms with van der Waals surface area (Å²) >= 11 is 0. The number of carbonyl (C=O) groups excluding carboxylic acids is 1. The molecule has 0 saturated heterocycles. The topological polar surface area (TPSA) is 59.0 Å². The second-order valence-electron chi connectivity index (χ2n) is 3.90. The lowest BCUT2D eigenvalue weighted by molar-refractivity contribution is 0.0503. The number of amides is 1. The molecule has 0 fully saturated rings. The third kappa shape index (κ3) is 3.80. The van der Waals surface area contributed by atoms with Crippen LogP contribution < -0.4 is 9.47 Å². The highest BCUT2D eigenvalue weighted by Crippen LogP contribution is 2.29. The van der Waals surface area contributed by atoms with Crippen LogP contribution in [0.1, 0.15) is 10.4 Å². The van der Waals surface area contributed by atoms with E-state index in [1.807, 2.05) is 0 Å². The summed E-state index contributed by atoms with van der Waals surface area (Å²) in [6, 6.07) is 4.70. The monoisotopic (exact) mass is 289 g/mol. The van der Waals surface area contributed by atoms with Crippen molar-refractivity contribution >= 4 is 5.91 Å². The van der Waals surface area contributed by atoms with Gasteiger partial charge in [0.1, 0.15) is 17.1 Å². The summed E-state index contributed by atoms with van der Waals surface area (Å²) in [5.74, 6) is -0.216. The van der Waals surface area contributed by atoms with Crippen molar-refractivity contribution in [2.45, 2.75) is 6.43 Å². The molecule has 0 unspecified atom stereocenters. The van der Waals surface area contributed by atoms with Gasteiger partial charge in [-0.1, -0.05) is 6.07 Å². The summed E-state index contributed by atoms with van der Waals surface area (Å²) in [5.41, 5.74) is 0.0617. The molecule has 20 heavy (non-hydrogen) atoms. The van der Waals surface area contributed by atoms with Gasteiger partial charge >= 0.3 is 0 Å². The highest BCUT2D eigenvalue weighted by atomic mass is 19.3. The Morgan fingerprint density at radius 3 is 2.25 bits per heavy atom. The first-order valence-corrected chi connectivity index (χ1v) is 5.94. The predicted octanol–water partition coefficient (Wildman–Crippen LogP) is 1.40. The van der Waals surface area contributed by atoms with Gasteiger partial charge in [0.05, 0.1) is 27.4 Å². The minimum atomic E-state index is -2.69. The van der Waals surface area contributed by atoms with Gasteiger partial charge in [-0.3, -0.25) is 4.79 Å². The van der Waals surface area contributed by atoms with E-state index in [2.05, 4.69) is 0 Å². The van der Waals surface area contributed by atoms with E-state index in [0.29, 0.717) is 0 Å². The quantitative estimate of drug-likeness (QED) is 0.824. The van der Waals surface area contributed by atoms with Crippen LogP contribution in [0.25, 0.3) is 0 Å². The Morgan fingerprint density at radius 1 is 1.30 bits per heavy atom. The number of halogens is 2. The number of hydrogen-bond donors (Lipinski definition) is 1. The molecule has 0 bridgehead atoms. The van der Waals surface area contributed by atoms with Gasteiger partial charge in [-0.15, -0.1) is 0 Å². The van der Waals surface area contributed by atoms with Crippen LogP contribution in [-0.4, -0.2) is 56.3 Å². The third-order valence-corrected chi connectivity index (χ3v) is 2.66. The number of carbonyl (C=O) groups is 1. The molecule has 0 aromatic heterocycles. The fourth-order valence-electron chi connectivity index (χ4n) is 1.78. The van der Waals surface area contributed by atoms with E-state index in [-0.39, 0.29) is 23.6 Å². The second-order valence-corrected chi connectivity index (χ2v) is 3.90. The average molecular weight is 289 g/mol. The maximum atomic E-state index is 12.5. The average Bonchev–Trinajstić information content (AvgIpc) is 2.44. The van der Waals surface area contributed by atoms with Gasteiger partial charge in [0.15, 0.2) is 0 Å². The van der Waals surface area contributed by atoms with E-state index in [1.54, 1.807) is 6.07 Å². The summed E-state index contributed by atoms with van der Waals surface area (Å²) < 4.78 is 35.2. The van der Waals surface area contributed by atoms with Crippen molar-refractivity contribution in [2.75, 3.05) is 33.9 Å². The van der Waals surface area contributed by atoms with Crippen LogP contribution in [0.2, 0.25) is 0 Å². The maximum Gasteiger partial charge on any atom is 0.261 e. The molecule has 5 nitrogen and oxygen atoms in total. The normalized spacial score (nSPS) is 10.5. The predicted molar refractivity (Wildman–Crippen MR) is 68.5 cm³/mol. The fourth-order valence-corrected chi connectivity index (χ4v) is 1.78. The smallest absolute Gasteiger partial charge is 0.261 e. The lowest BCUT2D eigenvalue weighted by Gasteiger charge is -2.23. The number of benzene rings is 1. The van der Waals surface area contributed by atoms with Gasteiger partial charge < -0.3 is 19.5 Å². The number of aliphatic hydroxyl groups excluding tert-OH is 1. The largest absolute Gasteiger partial charge is 0.496 e. The molecule has 0 aliphatic heterocycles. The lowest BCUT2D eigenvalue weighted by Crippen LogP contribution is -2.37. The van der Waals surface area contributed by atoms with Crippen LogP contribution in [0.4, 0.5) is 8.78 Å². The SMILES string of the molecule is COc1cccc(OC)c1C(=O)N(CCO)CC(F)F. The van der Waals surface area contributed by atoms with Gasteiger partial charge in [0.2, 0.25) is 0 Å². The van der Waals surface area contributed by atoms with Gasteiger partial charge in [-0.2, -0.15) is 0 Å². The molecule has 7 heteroatoms. The van der Waals surface area contributed by atoms with Crippen molar-refractivity contribution in [2.24, 2.45) is 0 Å². The fraction of sp³-hybridized carbons (Fsp3) is 0.462. The summed E-state index contributed by atoms with van der Waals surface area (Å²) in [7, 11) is 2.74. The Balaban J connectivity index is 3.15. The second kappa shape index (κ2) is 7.64. The van der Waals surface area contributed by atoms with Gasteiger partial charge in [-0.25, -0.2) is 8.78 Å². The molecule has 0 radical (unpaired) electrons. The highest BCUT2D eigenvalue weighted by Gasteiger charge is 2.25. The standard InChI is InChI=1S/C13H17F2NO4/c1-19-9-4-3-5-10(20-2)12(9)13(18)16(6-7-17)8-11(14)15/h3-5,11,17H,6-8H2,1-2H3. The zero-order chi connectivity index (χ0) is 15.1. The molecule has 112 valence electrons. The van der Waals surface area contributed by atoms with Crippen molar-refractivity contribution < 1.29 is 28.2 Å². The van der Waals surface area contributed by atoms with E-state index in [9.17, 15) is 13.6 Å². The van der Waals surface area contributed by atoms with E-state index in [0.717, 1.165) is 4.90 Å². The van der Waals surface area contributed by atoms with Crippen molar-refractivity contribution in [3.05, 3.63) is 23.8 Å². The van der Waals surface area contributed by atoms with Crippen LogP contribution >= 0.6 is 0 Å². The Hall–Kier alpha value is -1.89. The zero-order valence-electron chi connectivity index (χ0n) is 11.3. The number of nitrogens with zero attached hydrogens (tertiary/aromatic N) is 1. The van der Waals surface area contributed by atoms with Crippen LogP contribution in [-0.2, 0) is 0 Å². The lowest BCUT2D eigenvalue weighted by atomic mass is 10.1. The van der Waals surface area contributed by atoms with Crippen LogP contribution in [0.15, 0.2) is 18.2 Å². The molecule has 1 aromatic rings.